The number of carbonyl (C=O) groups excluding carboxylic acids is 1. The number of rotatable bonds is 2. The third-order valence-electron chi connectivity index (χ3n) is 13.5. The number of Topliss-reactive ketones (excluding diaryl/α,β-unsaturated/α-hetero) is 1. The molecule has 6 fully saturated rings. The summed E-state index contributed by atoms with van der Waals surface area (Å²) >= 11 is 0. The second-order valence-electron chi connectivity index (χ2n) is 15.7. The number of ketones is 1. The Kier molecular flexibility index (Phi) is 4.78. The van der Waals surface area contributed by atoms with Crippen LogP contribution >= 0.6 is 0 Å². The number of fused-ring (bicyclic) bond motifs is 2. The normalized spacial score (nSPS) is 58.9. The van der Waals surface area contributed by atoms with E-state index in [-0.39, 0.29) is 39.6 Å². The number of hydrogen-bond acceptors (Lipinski definition) is 5. The third-order valence-corrected chi connectivity index (χ3v) is 13.5. The van der Waals surface area contributed by atoms with Crippen LogP contribution in [0.15, 0.2) is 0 Å². The molecule has 0 bridgehead atoms. The molecule has 5 saturated carbocycles. The van der Waals surface area contributed by atoms with Crippen molar-refractivity contribution in [3.63, 3.8) is 0 Å². The van der Waals surface area contributed by atoms with Crippen LogP contribution in [0, 0.1) is 44.8 Å². The van der Waals surface area contributed by atoms with E-state index in [0.29, 0.717) is 18.1 Å². The summed E-state index contributed by atoms with van der Waals surface area (Å²) in [4.78, 5) is 12.9. The molecule has 5 aliphatic carbocycles. The highest BCUT2D eigenvalue weighted by Gasteiger charge is 2.84. The highest BCUT2D eigenvalue weighted by atomic mass is 16.5. The maximum Gasteiger partial charge on any atom is 0.138 e. The largest absolute Gasteiger partial charge is 0.393 e. The topological polar surface area (TPSA) is 87.0 Å². The van der Waals surface area contributed by atoms with Gasteiger partial charge in [-0.05, 0) is 99.7 Å². The molecule has 3 N–H and O–H groups in total. The van der Waals surface area contributed by atoms with Crippen molar-refractivity contribution in [3.05, 3.63) is 0 Å². The van der Waals surface area contributed by atoms with Crippen LogP contribution in [0.1, 0.15) is 106 Å². The fraction of sp³-hybridized carbons (Fsp3) is 0.967. The molecule has 2 spiro atoms. The summed E-state index contributed by atoms with van der Waals surface area (Å²) in [6, 6.07) is 0. The van der Waals surface area contributed by atoms with Crippen molar-refractivity contribution in [2.75, 3.05) is 0 Å². The van der Waals surface area contributed by atoms with Gasteiger partial charge in [0, 0.05) is 23.7 Å². The van der Waals surface area contributed by atoms with Crippen molar-refractivity contribution in [2.24, 2.45) is 44.8 Å². The first kappa shape index (κ1) is 24.8. The fourth-order valence-electron chi connectivity index (χ4n) is 12.0. The molecule has 0 aromatic rings. The zero-order chi connectivity index (χ0) is 25.6. The molecule has 6 rings (SSSR count). The molecule has 11 atom stereocenters. The van der Waals surface area contributed by atoms with Gasteiger partial charge in [-0.1, -0.05) is 27.7 Å². The molecule has 1 saturated heterocycles. The predicted molar refractivity (Wildman–Crippen MR) is 133 cm³/mol. The van der Waals surface area contributed by atoms with E-state index in [1.54, 1.807) is 0 Å². The van der Waals surface area contributed by atoms with E-state index < -0.39 is 28.8 Å². The van der Waals surface area contributed by atoms with E-state index in [9.17, 15) is 20.1 Å². The molecule has 6 aliphatic rings. The molecule has 0 amide bonds. The molecular formula is C30H48O5. The van der Waals surface area contributed by atoms with Gasteiger partial charge in [-0.3, -0.25) is 4.79 Å². The van der Waals surface area contributed by atoms with Gasteiger partial charge in [0.15, 0.2) is 0 Å². The Morgan fingerprint density at radius 1 is 0.886 bits per heavy atom. The Morgan fingerprint density at radius 2 is 1.57 bits per heavy atom. The van der Waals surface area contributed by atoms with E-state index in [0.717, 1.165) is 51.4 Å². The van der Waals surface area contributed by atoms with Crippen LogP contribution in [0.4, 0.5) is 0 Å². The van der Waals surface area contributed by atoms with Crippen LogP contribution < -0.4 is 0 Å². The maximum atomic E-state index is 12.9. The standard InChI is InChI=1S/C30H48O5/c1-24(2)20(33)8-11-30-16-29(30)13-12-26(5)23(28(7)10-9-21(35-28)25(3,4)34)18(32)15-27(26,6)19(29)14-17(31)22(24)30/h17-19,21-23,31-32,34H,8-16H2,1-7H3. The van der Waals surface area contributed by atoms with Gasteiger partial charge < -0.3 is 20.1 Å². The zero-order valence-electron chi connectivity index (χ0n) is 23.0. The quantitative estimate of drug-likeness (QED) is 0.527. The van der Waals surface area contributed by atoms with Crippen LogP contribution in [-0.2, 0) is 9.53 Å². The predicted octanol–water partition coefficient (Wildman–Crippen LogP) is 4.64. The summed E-state index contributed by atoms with van der Waals surface area (Å²) in [5.41, 5.74) is -1.71. The highest BCUT2D eigenvalue weighted by Crippen LogP contribution is 2.89. The maximum absolute atomic E-state index is 12.9. The summed E-state index contributed by atoms with van der Waals surface area (Å²) < 4.78 is 6.65. The lowest BCUT2D eigenvalue weighted by Crippen LogP contribution is -2.61. The average Bonchev–Trinajstić information content (AvgIpc) is 3.08. The number of aliphatic hydroxyl groups is 3. The summed E-state index contributed by atoms with van der Waals surface area (Å²) in [6.45, 7) is 14.8. The summed E-state index contributed by atoms with van der Waals surface area (Å²) in [7, 11) is 0. The molecule has 0 aromatic heterocycles. The Balaban J connectivity index is 1.37. The minimum absolute atomic E-state index is 0.0126. The van der Waals surface area contributed by atoms with E-state index >= 15 is 0 Å². The van der Waals surface area contributed by atoms with Gasteiger partial charge in [-0.15, -0.1) is 0 Å². The SMILES string of the molecule is CC(C)(O)C1CCC(C)(C2C(O)CC3(C)C4CC(O)C5C(C)(C)C(=O)CCC56CC46CCC23C)O1. The van der Waals surface area contributed by atoms with Crippen LogP contribution in [0.5, 0.6) is 0 Å². The van der Waals surface area contributed by atoms with Crippen molar-refractivity contribution in [1.82, 2.24) is 0 Å². The van der Waals surface area contributed by atoms with Gasteiger partial charge in [0.05, 0.1) is 29.5 Å². The van der Waals surface area contributed by atoms with Gasteiger partial charge in [0.2, 0.25) is 0 Å². The van der Waals surface area contributed by atoms with Gasteiger partial charge >= 0.3 is 0 Å². The first-order valence-electron chi connectivity index (χ1n) is 14.3. The van der Waals surface area contributed by atoms with Crippen molar-refractivity contribution in [3.8, 4) is 0 Å². The first-order valence-corrected chi connectivity index (χ1v) is 14.3. The first-order chi connectivity index (χ1) is 16.0. The van der Waals surface area contributed by atoms with Crippen LogP contribution in [0.2, 0.25) is 0 Å². The van der Waals surface area contributed by atoms with Crippen LogP contribution in [-0.4, -0.2) is 50.6 Å². The Morgan fingerprint density at radius 3 is 2.20 bits per heavy atom. The fourth-order valence-corrected chi connectivity index (χ4v) is 12.0. The summed E-state index contributed by atoms with van der Waals surface area (Å²) in [5, 5.41) is 34.0. The average molecular weight is 489 g/mol. The summed E-state index contributed by atoms with van der Waals surface area (Å²) in [5.74, 6) is 0.756. The van der Waals surface area contributed by atoms with Crippen molar-refractivity contribution in [2.45, 2.75) is 136 Å². The molecule has 11 unspecified atom stereocenters. The van der Waals surface area contributed by atoms with Gasteiger partial charge in [-0.25, -0.2) is 0 Å². The second kappa shape index (κ2) is 6.74. The van der Waals surface area contributed by atoms with Gasteiger partial charge in [0.1, 0.15) is 5.78 Å². The van der Waals surface area contributed by atoms with E-state index in [1.807, 2.05) is 13.8 Å². The minimum Gasteiger partial charge on any atom is -0.393 e. The Labute approximate surface area is 211 Å². The summed E-state index contributed by atoms with van der Waals surface area (Å²) in [6.07, 6.45) is 6.97. The van der Waals surface area contributed by atoms with Gasteiger partial charge in [0.25, 0.3) is 0 Å². The van der Waals surface area contributed by atoms with Crippen LogP contribution in [0.3, 0.4) is 0 Å². The number of hydrogen-bond donors (Lipinski definition) is 3. The number of carbonyl (C=O) groups is 1. The third kappa shape index (κ3) is 2.72. The van der Waals surface area contributed by atoms with Crippen molar-refractivity contribution in [1.29, 1.82) is 0 Å². The smallest absolute Gasteiger partial charge is 0.138 e. The van der Waals surface area contributed by atoms with Crippen LogP contribution in [0.25, 0.3) is 0 Å². The molecular weight excluding hydrogens is 440 g/mol. The zero-order valence-corrected chi connectivity index (χ0v) is 23.0. The number of ether oxygens (including phenoxy) is 1. The lowest BCUT2D eigenvalue weighted by Gasteiger charge is -2.63. The molecule has 5 nitrogen and oxygen atoms in total. The van der Waals surface area contributed by atoms with E-state index in [1.165, 1.54) is 0 Å². The van der Waals surface area contributed by atoms with Crippen molar-refractivity contribution < 1.29 is 24.9 Å². The Bertz CT molecular complexity index is 953. The molecule has 35 heavy (non-hydrogen) atoms. The molecule has 5 heteroatoms. The molecule has 1 heterocycles. The molecule has 198 valence electrons. The molecule has 1 aliphatic heterocycles. The van der Waals surface area contributed by atoms with E-state index in [4.69, 9.17) is 4.74 Å². The molecule has 0 radical (unpaired) electrons. The van der Waals surface area contributed by atoms with E-state index in [2.05, 4.69) is 34.6 Å². The second-order valence-corrected chi connectivity index (χ2v) is 15.7. The lowest BCUT2D eigenvalue weighted by atomic mass is 9.41. The monoisotopic (exact) mass is 488 g/mol. The van der Waals surface area contributed by atoms with Gasteiger partial charge in [-0.2, -0.15) is 0 Å². The van der Waals surface area contributed by atoms with Crippen molar-refractivity contribution >= 4 is 5.78 Å². The highest BCUT2D eigenvalue weighted by molar-refractivity contribution is 5.86. The Hall–Kier alpha value is -0.490. The lowest BCUT2D eigenvalue weighted by molar-refractivity contribution is -0.203. The minimum atomic E-state index is -0.893. The molecule has 0 aromatic carbocycles. The number of aliphatic hydroxyl groups excluding tert-OH is 2.